The van der Waals surface area contributed by atoms with Crippen LogP contribution in [0, 0.1) is 13.8 Å². The zero-order valence-electron chi connectivity index (χ0n) is 11.7. The summed E-state index contributed by atoms with van der Waals surface area (Å²) >= 11 is 1.59. The standard InChI is InChI=1S/C14H18N4OS/c1-9-6-15-14(16-9)11-3-4-18(7-11)13(19)5-12-8-20-10(2)17-12/h6,8,11H,3-5,7H2,1-2H3,(H,15,16). The number of aromatic amines is 1. The smallest absolute Gasteiger partial charge is 0.228 e. The van der Waals surface area contributed by atoms with Crippen LogP contribution in [0.15, 0.2) is 11.6 Å². The van der Waals surface area contributed by atoms with Gasteiger partial charge in [-0.2, -0.15) is 0 Å². The molecule has 1 aliphatic rings. The molecule has 2 aromatic rings. The van der Waals surface area contributed by atoms with E-state index in [1.54, 1.807) is 11.3 Å². The number of nitrogens with zero attached hydrogens (tertiary/aromatic N) is 3. The zero-order valence-corrected chi connectivity index (χ0v) is 12.5. The number of carbonyl (C=O) groups excluding carboxylic acids is 1. The van der Waals surface area contributed by atoms with E-state index in [1.807, 2.05) is 30.3 Å². The number of rotatable bonds is 3. The molecule has 0 radical (unpaired) electrons. The molecule has 0 bridgehead atoms. The minimum Gasteiger partial charge on any atom is -0.346 e. The molecule has 106 valence electrons. The van der Waals surface area contributed by atoms with Crippen LogP contribution >= 0.6 is 11.3 Å². The number of hydrogen-bond acceptors (Lipinski definition) is 4. The van der Waals surface area contributed by atoms with Crippen LogP contribution in [0.4, 0.5) is 0 Å². The molecule has 0 saturated carbocycles. The fraction of sp³-hybridized carbons (Fsp3) is 0.500. The van der Waals surface area contributed by atoms with Crippen molar-refractivity contribution in [3.05, 3.63) is 33.8 Å². The van der Waals surface area contributed by atoms with Crippen LogP contribution in [-0.4, -0.2) is 38.8 Å². The Bertz CT molecular complexity index is 618. The monoisotopic (exact) mass is 290 g/mol. The lowest BCUT2D eigenvalue weighted by atomic mass is 10.1. The molecule has 20 heavy (non-hydrogen) atoms. The Morgan fingerprint density at radius 3 is 3.05 bits per heavy atom. The Kier molecular flexibility index (Phi) is 3.56. The maximum atomic E-state index is 12.3. The van der Waals surface area contributed by atoms with Gasteiger partial charge in [-0.1, -0.05) is 0 Å². The number of nitrogens with one attached hydrogen (secondary N) is 1. The van der Waals surface area contributed by atoms with Crippen molar-refractivity contribution in [2.24, 2.45) is 0 Å². The molecule has 1 amide bonds. The Labute approximate surface area is 122 Å². The molecule has 1 fully saturated rings. The van der Waals surface area contributed by atoms with Gasteiger partial charge in [-0.3, -0.25) is 4.79 Å². The Hall–Kier alpha value is -1.69. The van der Waals surface area contributed by atoms with E-state index in [0.29, 0.717) is 12.3 Å². The van der Waals surface area contributed by atoms with Crippen molar-refractivity contribution >= 4 is 17.2 Å². The molecule has 5 nitrogen and oxygen atoms in total. The fourth-order valence-corrected chi connectivity index (χ4v) is 3.22. The van der Waals surface area contributed by atoms with Gasteiger partial charge >= 0.3 is 0 Å². The highest BCUT2D eigenvalue weighted by molar-refractivity contribution is 7.09. The zero-order chi connectivity index (χ0) is 14.1. The molecular weight excluding hydrogens is 272 g/mol. The third-order valence-electron chi connectivity index (χ3n) is 3.65. The van der Waals surface area contributed by atoms with Crippen molar-refractivity contribution in [2.45, 2.75) is 32.6 Å². The predicted octanol–water partition coefficient (Wildman–Crippen LogP) is 2.04. The van der Waals surface area contributed by atoms with Crippen LogP contribution in [0.1, 0.15) is 34.6 Å². The molecule has 6 heteroatoms. The Balaban J connectivity index is 1.60. The number of imidazole rings is 1. The second kappa shape index (κ2) is 5.36. The van der Waals surface area contributed by atoms with Gasteiger partial charge in [-0.05, 0) is 20.3 Å². The van der Waals surface area contributed by atoms with Crippen LogP contribution < -0.4 is 0 Å². The van der Waals surface area contributed by atoms with Gasteiger partial charge in [0, 0.05) is 36.3 Å². The molecule has 3 heterocycles. The fourth-order valence-electron chi connectivity index (χ4n) is 2.61. The SMILES string of the molecule is Cc1cnc(C2CCN(C(=O)Cc3csc(C)n3)C2)[nH]1. The van der Waals surface area contributed by atoms with Gasteiger partial charge < -0.3 is 9.88 Å². The second-order valence-electron chi connectivity index (χ2n) is 5.31. The predicted molar refractivity (Wildman–Crippen MR) is 77.8 cm³/mol. The summed E-state index contributed by atoms with van der Waals surface area (Å²) in [5.74, 6) is 1.51. The number of thiazole rings is 1. The molecule has 1 N–H and O–H groups in total. The molecule has 1 aliphatic heterocycles. The molecule has 1 saturated heterocycles. The van der Waals surface area contributed by atoms with Gasteiger partial charge in [-0.25, -0.2) is 9.97 Å². The minimum absolute atomic E-state index is 0.168. The number of amides is 1. The Morgan fingerprint density at radius 1 is 1.55 bits per heavy atom. The van der Waals surface area contributed by atoms with E-state index in [1.165, 1.54) is 0 Å². The number of carbonyl (C=O) groups is 1. The molecule has 0 spiro atoms. The molecule has 0 aromatic carbocycles. The lowest BCUT2D eigenvalue weighted by Crippen LogP contribution is -2.30. The van der Waals surface area contributed by atoms with Crippen LogP contribution in [0.2, 0.25) is 0 Å². The average molecular weight is 290 g/mol. The summed E-state index contributed by atoms with van der Waals surface area (Å²) < 4.78 is 0. The molecule has 1 atom stereocenters. The third-order valence-corrected chi connectivity index (χ3v) is 4.47. The molecular formula is C14H18N4OS. The summed E-state index contributed by atoms with van der Waals surface area (Å²) in [7, 11) is 0. The topological polar surface area (TPSA) is 61.9 Å². The van der Waals surface area contributed by atoms with Crippen molar-refractivity contribution < 1.29 is 4.79 Å². The number of H-pyrrole nitrogens is 1. The van der Waals surface area contributed by atoms with E-state index in [2.05, 4.69) is 15.0 Å². The summed E-state index contributed by atoms with van der Waals surface area (Å²) in [5.41, 5.74) is 1.96. The Morgan fingerprint density at radius 2 is 2.40 bits per heavy atom. The highest BCUT2D eigenvalue weighted by atomic mass is 32.1. The first-order valence-electron chi connectivity index (χ1n) is 6.82. The van der Waals surface area contributed by atoms with Gasteiger partial charge in [0.1, 0.15) is 5.82 Å². The number of likely N-dealkylation sites (tertiary alicyclic amines) is 1. The van der Waals surface area contributed by atoms with E-state index in [4.69, 9.17) is 0 Å². The van der Waals surface area contributed by atoms with Gasteiger partial charge in [0.15, 0.2) is 0 Å². The quantitative estimate of drug-likeness (QED) is 0.941. The summed E-state index contributed by atoms with van der Waals surface area (Å²) in [6, 6.07) is 0. The van der Waals surface area contributed by atoms with E-state index in [-0.39, 0.29) is 5.91 Å². The maximum Gasteiger partial charge on any atom is 0.228 e. The summed E-state index contributed by atoms with van der Waals surface area (Å²) in [6.45, 7) is 5.53. The van der Waals surface area contributed by atoms with Gasteiger partial charge in [0.2, 0.25) is 5.91 Å². The summed E-state index contributed by atoms with van der Waals surface area (Å²) in [5, 5.41) is 2.98. The van der Waals surface area contributed by atoms with E-state index in [0.717, 1.165) is 41.7 Å². The molecule has 2 aromatic heterocycles. The highest BCUT2D eigenvalue weighted by Crippen LogP contribution is 2.25. The summed E-state index contributed by atoms with van der Waals surface area (Å²) in [4.78, 5) is 26.2. The minimum atomic E-state index is 0.168. The van der Waals surface area contributed by atoms with Crippen molar-refractivity contribution in [1.29, 1.82) is 0 Å². The van der Waals surface area contributed by atoms with Gasteiger partial charge in [0.25, 0.3) is 0 Å². The van der Waals surface area contributed by atoms with Crippen molar-refractivity contribution in [1.82, 2.24) is 19.9 Å². The molecule has 0 aliphatic carbocycles. The van der Waals surface area contributed by atoms with Gasteiger partial charge in [0.05, 0.1) is 17.1 Å². The number of hydrogen-bond donors (Lipinski definition) is 1. The lowest BCUT2D eigenvalue weighted by molar-refractivity contribution is -0.129. The lowest BCUT2D eigenvalue weighted by Gasteiger charge is -2.15. The van der Waals surface area contributed by atoms with Crippen LogP contribution in [0.25, 0.3) is 0 Å². The number of aryl methyl sites for hydroxylation is 2. The first-order chi connectivity index (χ1) is 9.61. The van der Waals surface area contributed by atoms with Crippen molar-refractivity contribution in [3.8, 4) is 0 Å². The third kappa shape index (κ3) is 2.75. The maximum absolute atomic E-state index is 12.3. The molecule has 3 rings (SSSR count). The normalized spacial score (nSPS) is 18.7. The largest absolute Gasteiger partial charge is 0.346 e. The highest BCUT2D eigenvalue weighted by Gasteiger charge is 2.29. The average Bonchev–Trinajstić information content (AvgIpc) is 3.10. The van der Waals surface area contributed by atoms with Crippen molar-refractivity contribution in [2.75, 3.05) is 13.1 Å². The van der Waals surface area contributed by atoms with E-state index in [9.17, 15) is 4.79 Å². The summed E-state index contributed by atoms with van der Waals surface area (Å²) in [6.07, 6.45) is 3.24. The second-order valence-corrected chi connectivity index (χ2v) is 6.37. The first-order valence-corrected chi connectivity index (χ1v) is 7.70. The van der Waals surface area contributed by atoms with Crippen LogP contribution in [0.5, 0.6) is 0 Å². The van der Waals surface area contributed by atoms with E-state index >= 15 is 0 Å². The van der Waals surface area contributed by atoms with Crippen molar-refractivity contribution in [3.63, 3.8) is 0 Å². The first kappa shape index (κ1) is 13.3. The van der Waals surface area contributed by atoms with Crippen LogP contribution in [0.3, 0.4) is 0 Å². The van der Waals surface area contributed by atoms with Crippen LogP contribution in [-0.2, 0) is 11.2 Å². The molecule has 1 unspecified atom stereocenters. The van der Waals surface area contributed by atoms with Gasteiger partial charge in [-0.15, -0.1) is 11.3 Å². The van der Waals surface area contributed by atoms with E-state index < -0.39 is 0 Å². The number of aromatic nitrogens is 3.